The summed E-state index contributed by atoms with van der Waals surface area (Å²) in [6.07, 6.45) is 1.04. The van der Waals surface area contributed by atoms with E-state index in [-0.39, 0.29) is 0 Å². The van der Waals surface area contributed by atoms with E-state index in [0.717, 1.165) is 29.9 Å². The summed E-state index contributed by atoms with van der Waals surface area (Å²) in [6, 6.07) is 10.3. The smallest absolute Gasteiger partial charge is 0.0996 e. The number of hydrogen-bond acceptors (Lipinski definition) is 2. The predicted molar refractivity (Wildman–Crippen MR) is 77.1 cm³/mol. The van der Waals surface area contributed by atoms with Crippen molar-refractivity contribution in [2.24, 2.45) is 0 Å². The zero-order valence-electron chi connectivity index (χ0n) is 11.9. The van der Waals surface area contributed by atoms with E-state index in [4.69, 9.17) is 0 Å². The van der Waals surface area contributed by atoms with Crippen LogP contribution in [0.5, 0.6) is 0 Å². The van der Waals surface area contributed by atoms with Crippen molar-refractivity contribution in [3.05, 3.63) is 52.8 Å². The van der Waals surface area contributed by atoms with Crippen LogP contribution in [-0.2, 0) is 19.4 Å². The molecule has 0 amide bonds. The maximum Gasteiger partial charge on any atom is 0.0996 e. The molecule has 3 heteroatoms. The van der Waals surface area contributed by atoms with Crippen LogP contribution in [0.2, 0.25) is 0 Å². The Bertz CT molecular complexity index is 528. The van der Waals surface area contributed by atoms with E-state index in [2.05, 4.69) is 50.1 Å². The maximum absolute atomic E-state index is 10.4. The highest BCUT2D eigenvalue weighted by molar-refractivity contribution is 5.23. The third-order valence-corrected chi connectivity index (χ3v) is 3.41. The lowest BCUT2D eigenvalue weighted by molar-refractivity contribution is 0.167. The molecule has 1 unspecified atom stereocenters. The molecular weight excluding hydrogens is 236 g/mol. The summed E-state index contributed by atoms with van der Waals surface area (Å²) in [6.45, 7) is 6.99. The van der Waals surface area contributed by atoms with E-state index in [9.17, 15) is 5.11 Å². The lowest BCUT2D eigenvalue weighted by Gasteiger charge is -2.12. The number of aryl methyl sites for hydroxylation is 3. The highest BCUT2D eigenvalue weighted by Crippen LogP contribution is 2.20. The zero-order chi connectivity index (χ0) is 13.8. The van der Waals surface area contributed by atoms with Gasteiger partial charge < -0.3 is 5.11 Å². The molecule has 0 aliphatic rings. The van der Waals surface area contributed by atoms with Crippen LogP contribution in [0.15, 0.2) is 30.3 Å². The van der Waals surface area contributed by atoms with Crippen LogP contribution in [0.1, 0.15) is 42.5 Å². The first-order chi connectivity index (χ1) is 9.13. The van der Waals surface area contributed by atoms with Gasteiger partial charge in [0.05, 0.1) is 17.5 Å². The van der Waals surface area contributed by atoms with Crippen molar-refractivity contribution in [1.82, 2.24) is 9.78 Å². The van der Waals surface area contributed by atoms with Crippen LogP contribution in [-0.4, -0.2) is 14.9 Å². The number of aliphatic hydroxyl groups excluding tert-OH is 1. The Morgan fingerprint density at radius 3 is 2.47 bits per heavy atom. The van der Waals surface area contributed by atoms with Crippen LogP contribution >= 0.6 is 0 Å². The second kappa shape index (κ2) is 6.02. The van der Waals surface area contributed by atoms with Gasteiger partial charge in [0, 0.05) is 13.0 Å². The first kappa shape index (κ1) is 13.8. The van der Waals surface area contributed by atoms with Gasteiger partial charge in [0.2, 0.25) is 0 Å². The molecule has 2 rings (SSSR count). The Balaban J connectivity index is 2.16. The Morgan fingerprint density at radius 2 is 1.89 bits per heavy atom. The molecule has 1 heterocycles. The quantitative estimate of drug-likeness (QED) is 0.895. The molecule has 0 radical (unpaired) electrons. The molecule has 1 N–H and O–H groups in total. The average Bonchev–Trinajstić information content (AvgIpc) is 2.85. The summed E-state index contributed by atoms with van der Waals surface area (Å²) < 4.78 is 1.90. The van der Waals surface area contributed by atoms with Crippen LogP contribution in [0, 0.1) is 6.92 Å². The molecule has 0 fully saturated rings. The number of nitrogens with zero attached hydrogens (tertiary/aromatic N) is 2. The van der Waals surface area contributed by atoms with Gasteiger partial charge in [-0.25, -0.2) is 0 Å². The fourth-order valence-electron chi connectivity index (χ4n) is 2.23. The molecule has 0 saturated heterocycles. The van der Waals surface area contributed by atoms with Crippen molar-refractivity contribution in [3.8, 4) is 0 Å². The third kappa shape index (κ3) is 3.24. The number of aliphatic hydroxyl groups is 1. The lowest BCUT2D eigenvalue weighted by Crippen LogP contribution is -2.10. The summed E-state index contributed by atoms with van der Waals surface area (Å²) in [5, 5.41) is 14.9. The molecule has 1 aromatic carbocycles. The monoisotopic (exact) mass is 258 g/mol. The molecular formula is C16H22N2O. The van der Waals surface area contributed by atoms with Crippen molar-refractivity contribution in [3.63, 3.8) is 0 Å². The fourth-order valence-corrected chi connectivity index (χ4v) is 2.23. The van der Waals surface area contributed by atoms with Gasteiger partial charge in [0.25, 0.3) is 0 Å². The summed E-state index contributed by atoms with van der Waals surface area (Å²) in [4.78, 5) is 0. The number of hydrogen-bond donors (Lipinski definition) is 1. The topological polar surface area (TPSA) is 38.0 Å². The van der Waals surface area contributed by atoms with Crippen LogP contribution in [0.3, 0.4) is 0 Å². The third-order valence-electron chi connectivity index (χ3n) is 3.41. The number of benzene rings is 1. The second-order valence-corrected chi connectivity index (χ2v) is 4.94. The van der Waals surface area contributed by atoms with E-state index in [0.29, 0.717) is 6.42 Å². The number of rotatable bonds is 5. The largest absolute Gasteiger partial charge is 0.386 e. The van der Waals surface area contributed by atoms with Gasteiger partial charge in [-0.1, -0.05) is 36.8 Å². The Kier molecular flexibility index (Phi) is 4.38. The lowest BCUT2D eigenvalue weighted by atomic mass is 10.0. The molecule has 0 bridgehead atoms. The summed E-state index contributed by atoms with van der Waals surface area (Å²) in [7, 11) is 0. The van der Waals surface area contributed by atoms with Gasteiger partial charge in [-0.15, -0.1) is 0 Å². The molecule has 1 aromatic heterocycles. The number of aromatic nitrogens is 2. The molecule has 2 aromatic rings. The van der Waals surface area contributed by atoms with Crippen molar-refractivity contribution >= 4 is 0 Å². The standard InChI is InChI=1S/C16H22N2O/c1-4-14-11-15(18(5-2)17-14)16(19)10-13-8-6-12(3)7-9-13/h6-9,11,16,19H,4-5,10H2,1-3H3. The molecule has 19 heavy (non-hydrogen) atoms. The minimum atomic E-state index is -0.490. The molecule has 3 nitrogen and oxygen atoms in total. The zero-order valence-corrected chi connectivity index (χ0v) is 11.9. The maximum atomic E-state index is 10.4. The molecule has 0 aliphatic heterocycles. The van der Waals surface area contributed by atoms with E-state index in [1.54, 1.807) is 0 Å². The van der Waals surface area contributed by atoms with Gasteiger partial charge >= 0.3 is 0 Å². The predicted octanol–water partition coefficient (Wildman–Crippen LogP) is 3.05. The Labute approximate surface area is 114 Å². The van der Waals surface area contributed by atoms with E-state index in [1.807, 2.05) is 10.7 Å². The van der Waals surface area contributed by atoms with E-state index in [1.165, 1.54) is 5.56 Å². The van der Waals surface area contributed by atoms with Crippen molar-refractivity contribution in [2.45, 2.75) is 46.3 Å². The summed E-state index contributed by atoms with van der Waals surface area (Å²) >= 11 is 0. The Morgan fingerprint density at radius 1 is 1.21 bits per heavy atom. The highest BCUT2D eigenvalue weighted by atomic mass is 16.3. The van der Waals surface area contributed by atoms with Gasteiger partial charge in [0.15, 0.2) is 0 Å². The van der Waals surface area contributed by atoms with Gasteiger partial charge in [-0.05, 0) is 31.9 Å². The van der Waals surface area contributed by atoms with E-state index >= 15 is 0 Å². The second-order valence-electron chi connectivity index (χ2n) is 4.94. The minimum absolute atomic E-state index is 0.490. The van der Waals surface area contributed by atoms with Gasteiger partial charge in [0.1, 0.15) is 0 Å². The first-order valence-corrected chi connectivity index (χ1v) is 6.94. The summed E-state index contributed by atoms with van der Waals surface area (Å²) in [5.74, 6) is 0. The normalized spacial score (nSPS) is 12.6. The fraction of sp³-hybridized carbons (Fsp3) is 0.438. The minimum Gasteiger partial charge on any atom is -0.386 e. The van der Waals surface area contributed by atoms with Gasteiger partial charge in [-0.2, -0.15) is 5.10 Å². The average molecular weight is 258 g/mol. The van der Waals surface area contributed by atoms with Crippen LogP contribution in [0.4, 0.5) is 0 Å². The Hall–Kier alpha value is -1.61. The molecule has 1 atom stereocenters. The van der Waals surface area contributed by atoms with Crippen molar-refractivity contribution < 1.29 is 5.11 Å². The SMILES string of the molecule is CCc1cc(C(O)Cc2ccc(C)cc2)n(CC)n1. The molecule has 102 valence electrons. The van der Waals surface area contributed by atoms with Crippen LogP contribution in [0.25, 0.3) is 0 Å². The van der Waals surface area contributed by atoms with Crippen molar-refractivity contribution in [1.29, 1.82) is 0 Å². The van der Waals surface area contributed by atoms with E-state index < -0.39 is 6.10 Å². The molecule has 0 saturated carbocycles. The first-order valence-electron chi connectivity index (χ1n) is 6.94. The van der Waals surface area contributed by atoms with Crippen molar-refractivity contribution in [2.75, 3.05) is 0 Å². The highest BCUT2D eigenvalue weighted by Gasteiger charge is 2.15. The van der Waals surface area contributed by atoms with Crippen LogP contribution < -0.4 is 0 Å². The molecule has 0 aliphatic carbocycles. The summed E-state index contributed by atoms with van der Waals surface area (Å²) in [5.41, 5.74) is 4.35. The molecule has 0 spiro atoms. The van der Waals surface area contributed by atoms with Gasteiger partial charge in [-0.3, -0.25) is 4.68 Å².